The van der Waals surface area contributed by atoms with Crippen molar-refractivity contribution in [1.82, 2.24) is 0 Å². The Balaban J connectivity index is -0.000000736. The number of nitrogens with two attached hydrogens (primary N) is 1. The van der Waals surface area contributed by atoms with E-state index in [0.29, 0.717) is 6.54 Å². The van der Waals surface area contributed by atoms with Gasteiger partial charge in [0, 0.05) is 19.8 Å². The van der Waals surface area contributed by atoms with Crippen molar-refractivity contribution < 1.29 is 29.1 Å². The number of aliphatic hydroxyl groups is 1. The zero-order chi connectivity index (χ0) is 32.5. The van der Waals surface area contributed by atoms with Crippen molar-refractivity contribution in [2.45, 2.75) is 188 Å². The maximum Gasteiger partial charge on any atom is 0.466 e. The number of hydrogen-bond donors (Lipinski definition) is 5. The first-order valence-corrected chi connectivity index (χ1v) is 19.3. The quantitative estimate of drug-likeness (QED) is 0.0453. The molecule has 0 saturated carbocycles. The summed E-state index contributed by atoms with van der Waals surface area (Å²) in [5.74, 6) is 1.62. The summed E-state index contributed by atoms with van der Waals surface area (Å²) in [5, 5.41) is 9.96. The first kappa shape index (κ1) is 46.4. The largest absolute Gasteiger partial charge is 0.466 e. The van der Waals surface area contributed by atoms with E-state index in [-0.39, 0.29) is 0 Å². The standard InChI is InChI=1S/C24H50O.C10H23NO.H3O4P/c1-5-9-13-15-19-23(17-11-7-3)21-25-22-24(18-12-8-4)20-16-14-10-6-2;1-3-5-7-10(12,9-11)8-6-4-2;1-5(2,3)4/h23-24H,5-22H2,1-4H3;12H,3-9,11H2,1-2H3;(H3,1,2,3,4). The van der Waals surface area contributed by atoms with Gasteiger partial charge in [-0.15, -0.1) is 0 Å². The van der Waals surface area contributed by atoms with Crippen LogP contribution in [0, 0.1) is 11.8 Å². The molecule has 8 heteroatoms. The van der Waals surface area contributed by atoms with Crippen LogP contribution in [0.25, 0.3) is 0 Å². The van der Waals surface area contributed by atoms with Gasteiger partial charge in [-0.3, -0.25) is 0 Å². The van der Waals surface area contributed by atoms with Crippen molar-refractivity contribution in [3.8, 4) is 0 Å². The van der Waals surface area contributed by atoms with Crippen LogP contribution in [0.15, 0.2) is 0 Å². The molecule has 42 heavy (non-hydrogen) atoms. The minimum atomic E-state index is -4.64. The van der Waals surface area contributed by atoms with Crippen LogP contribution in [0.2, 0.25) is 0 Å². The third-order valence-electron chi connectivity index (χ3n) is 7.94. The van der Waals surface area contributed by atoms with Crippen molar-refractivity contribution in [2.24, 2.45) is 17.6 Å². The maximum absolute atomic E-state index is 9.96. The highest BCUT2D eigenvalue weighted by atomic mass is 31.2. The summed E-state index contributed by atoms with van der Waals surface area (Å²) >= 11 is 0. The van der Waals surface area contributed by atoms with Crippen LogP contribution >= 0.6 is 7.82 Å². The highest BCUT2D eigenvalue weighted by molar-refractivity contribution is 7.45. The van der Waals surface area contributed by atoms with Crippen LogP contribution < -0.4 is 5.73 Å². The topological polar surface area (TPSA) is 133 Å². The molecule has 0 bridgehead atoms. The summed E-state index contributed by atoms with van der Waals surface area (Å²) in [6.07, 6.45) is 28.2. The van der Waals surface area contributed by atoms with E-state index in [4.69, 9.17) is 29.7 Å². The number of unbranched alkanes of at least 4 members (excludes halogenated alkanes) is 10. The van der Waals surface area contributed by atoms with E-state index in [1.165, 1.54) is 103 Å². The van der Waals surface area contributed by atoms with Crippen molar-refractivity contribution in [2.75, 3.05) is 19.8 Å². The molecule has 258 valence electrons. The fourth-order valence-corrected chi connectivity index (χ4v) is 5.07. The molecule has 0 aromatic rings. The number of rotatable bonds is 27. The van der Waals surface area contributed by atoms with Gasteiger partial charge in [-0.2, -0.15) is 0 Å². The molecule has 0 aliphatic heterocycles. The lowest BCUT2D eigenvalue weighted by Crippen LogP contribution is -2.37. The summed E-state index contributed by atoms with van der Waals surface area (Å²) in [7, 11) is -4.64. The Labute approximate surface area is 262 Å². The van der Waals surface area contributed by atoms with Gasteiger partial charge in [-0.25, -0.2) is 4.57 Å². The summed E-state index contributed by atoms with van der Waals surface area (Å²) < 4.78 is 15.1. The fourth-order valence-electron chi connectivity index (χ4n) is 5.07. The molecule has 0 aromatic carbocycles. The first-order valence-electron chi connectivity index (χ1n) is 17.7. The summed E-state index contributed by atoms with van der Waals surface area (Å²) in [5.41, 5.74) is 4.96. The smallest absolute Gasteiger partial charge is 0.389 e. The molecule has 0 aliphatic rings. The van der Waals surface area contributed by atoms with E-state index in [9.17, 15) is 5.11 Å². The van der Waals surface area contributed by atoms with E-state index in [1.54, 1.807) is 0 Å². The van der Waals surface area contributed by atoms with Crippen molar-refractivity contribution in [3.05, 3.63) is 0 Å². The fraction of sp³-hybridized carbons (Fsp3) is 1.00. The minimum Gasteiger partial charge on any atom is -0.389 e. The molecule has 0 rings (SSSR count). The Morgan fingerprint density at radius 1 is 0.571 bits per heavy atom. The van der Waals surface area contributed by atoms with Crippen LogP contribution in [-0.2, 0) is 9.30 Å². The Hall–Kier alpha value is -0.0100. The summed E-state index contributed by atoms with van der Waals surface area (Å²) in [6.45, 7) is 15.9. The predicted octanol–water partition coefficient (Wildman–Crippen LogP) is 9.68. The number of ether oxygens (including phenoxy) is 1. The third kappa shape index (κ3) is 40.0. The van der Waals surface area contributed by atoms with Gasteiger partial charge in [0.25, 0.3) is 0 Å². The molecule has 2 atom stereocenters. The molecule has 0 amide bonds. The molecular formula is C34H76NO6P. The minimum absolute atomic E-state index is 0.410. The Kier molecular flexibility index (Phi) is 37.4. The van der Waals surface area contributed by atoms with Gasteiger partial charge < -0.3 is 30.3 Å². The van der Waals surface area contributed by atoms with E-state index in [2.05, 4.69) is 41.5 Å². The lowest BCUT2D eigenvalue weighted by atomic mass is 9.91. The molecule has 6 N–H and O–H groups in total. The van der Waals surface area contributed by atoms with Crippen LogP contribution in [0.4, 0.5) is 0 Å². The molecule has 0 saturated heterocycles. The molecular weight excluding hydrogens is 549 g/mol. The zero-order valence-electron chi connectivity index (χ0n) is 29.0. The highest BCUT2D eigenvalue weighted by Crippen LogP contribution is 2.26. The van der Waals surface area contributed by atoms with Gasteiger partial charge in [0.15, 0.2) is 0 Å². The zero-order valence-corrected chi connectivity index (χ0v) is 29.9. The monoisotopic (exact) mass is 626 g/mol. The predicted molar refractivity (Wildman–Crippen MR) is 182 cm³/mol. The maximum atomic E-state index is 9.96. The van der Waals surface area contributed by atoms with Gasteiger partial charge in [0.2, 0.25) is 0 Å². The van der Waals surface area contributed by atoms with Crippen LogP contribution in [0.5, 0.6) is 0 Å². The van der Waals surface area contributed by atoms with Gasteiger partial charge in [-0.05, 0) is 50.4 Å². The van der Waals surface area contributed by atoms with E-state index in [0.717, 1.165) is 63.6 Å². The van der Waals surface area contributed by atoms with Crippen LogP contribution in [-0.4, -0.2) is 45.1 Å². The summed E-state index contributed by atoms with van der Waals surface area (Å²) in [6, 6.07) is 0. The van der Waals surface area contributed by atoms with Crippen molar-refractivity contribution >= 4 is 7.82 Å². The first-order chi connectivity index (χ1) is 20.0. The SMILES string of the molecule is CCCCC(O)(CN)CCCC.CCCCCCC(CCCC)COCC(CCCC)CCCCCC.O=P(O)(O)O. The van der Waals surface area contributed by atoms with Gasteiger partial charge in [0.1, 0.15) is 0 Å². The second-order valence-electron chi connectivity index (χ2n) is 12.4. The molecule has 7 nitrogen and oxygen atoms in total. The van der Waals surface area contributed by atoms with Crippen LogP contribution in [0.3, 0.4) is 0 Å². The normalized spacial score (nSPS) is 13.1. The number of phosphoric acid groups is 1. The van der Waals surface area contributed by atoms with E-state index < -0.39 is 13.4 Å². The molecule has 0 radical (unpaired) electrons. The van der Waals surface area contributed by atoms with Gasteiger partial charge >= 0.3 is 7.82 Å². The average molecular weight is 626 g/mol. The van der Waals surface area contributed by atoms with Crippen molar-refractivity contribution in [1.29, 1.82) is 0 Å². The second kappa shape index (κ2) is 33.9. The molecule has 0 heterocycles. The highest BCUT2D eigenvalue weighted by Gasteiger charge is 2.23. The molecule has 0 spiro atoms. The molecule has 0 fully saturated rings. The summed E-state index contributed by atoms with van der Waals surface area (Å²) in [4.78, 5) is 21.6. The lowest BCUT2D eigenvalue weighted by Gasteiger charge is -2.26. The third-order valence-corrected chi connectivity index (χ3v) is 7.94. The van der Waals surface area contributed by atoms with Gasteiger partial charge in [-0.1, -0.05) is 144 Å². The average Bonchev–Trinajstić information content (AvgIpc) is 2.95. The van der Waals surface area contributed by atoms with Crippen LogP contribution in [0.1, 0.15) is 183 Å². The Morgan fingerprint density at radius 3 is 1.17 bits per heavy atom. The number of hydrogen-bond acceptors (Lipinski definition) is 4. The van der Waals surface area contributed by atoms with E-state index >= 15 is 0 Å². The van der Waals surface area contributed by atoms with Crippen molar-refractivity contribution in [3.63, 3.8) is 0 Å². The second-order valence-corrected chi connectivity index (χ2v) is 13.4. The van der Waals surface area contributed by atoms with E-state index in [1.807, 2.05) is 0 Å². The Bertz CT molecular complexity index is 520. The van der Waals surface area contributed by atoms with Gasteiger partial charge in [0.05, 0.1) is 5.60 Å². The Morgan fingerprint density at radius 2 is 0.881 bits per heavy atom. The molecule has 2 unspecified atom stereocenters. The molecule has 0 aromatic heterocycles. The lowest BCUT2D eigenvalue weighted by molar-refractivity contribution is 0.0273. The molecule has 0 aliphatic carbocycles.